The van der Waals surface area contributed by atoms with Gasteiger partial charge in [0.1, 0.15) is 0 Å². The highest BCUT2D eigenvalue weighted by Crippen LogP contribution is 2.23. The fourth-order valence-corrected chi connectivity index (χ4v) is 4.14. The van der Waals surface area contributed by atoms with Gasteiger partial charge in [-0.3, -0.25) is 0 Å². The van der Waals surface area contributed by atoms with Crippen molar-refractivity contribution < 1.29 is 17.9 Å². The maximum atomic E-state index is 12.6. The van der Waals surface area contributed by atoms with Gasteiger partial charge in [-0.05, 0) is 56.6 Å². The maximum Gasteiger partial charge on any atom is 0.337 e. The molecule has 6 nitrogen and oxygen atoms in total. The largest absolute Gasteiger partial charge is 0.465 e. The Morgan fingerprint density at radius 3 is 2.30 bits per heavy atom. The van der Waals surface area contributed by atoms with E-state index in [1.54, 1.807) is 0 Å². The van der Waals surface area contributed by atoms with Gasteiger partial charge in [0.15, 0.2) is 0 Å². The Labute approximate surface area is 143 Å². The summed E-state index contributed by atoms with van der Waals surface area (Å²) in [5, 5.41) is 3.13. The van der Waals surface area contributed by atoms with E-state index in [-0.39, 0.29) is 17.3 Å². The number of hydrogen-bond acceptors (Lipinski definition) is 5. The summed E-state index contributed by atoms with van der Waals surface area (Å²) in [7, 11) is -0.286. The monoisotopic (exact) mass is 362 g/mol. The van der Waals surface area contributed by atoms with Gasteiger partial charge in [-0.1, -0.05) is 0 Å². The number of hydrogen-bond donors (Lipinski definition) is 1. The zero-order valence-electron chi connectivity index (χ0n) is 13.3. The lowest BCUT2D eigenvalue weighted by Crippen LogP contribution is -2.40. The molecule has 0 bridgehead atoms. The molecule has 23 heavy (non-hydrogen) atoms. The third-order valence-corrected chi connectivity index (χ3v) is 5.89. The summed E-state index contributed by atoms with van der Waals surface area (Å²) >= 11 is 0. The van der Waals surface area contributed by atoms with Crippen molar-refractivity contribution in [3.8, 4) is 0 Å². The van der Waals surface area contributed by atoms with Crippen LogP contribution in [-0.4, -0.2) is 52.5 Å². The van der Waals surface area contributed by atoms with Gasteiger partial charge in [-0.2, -0.15) is 4.31 Å². The lowest BCUT2D eigenvalue weighted by molar-refractivity contribution is 0.0600. The highest BCUT2D eigenvalue weighted by atomic mass is 35.5. The quantitative estimate of drug-likeness (QED) is 0.804. The summed E-state index contributed by atoms with van der Waals surface area (Å²) in [5.41, 5.74) is 0.342. The molecule has 0 aromatic heterocycles. The summed E-state index contributed by atoms with van der Waals surface area (Å²) in [5.74, 6) is 0.0509. The number of rotatable bonds is 5. The number of piperidine rings is 1. The minimum Gasteiger partial charge on any atom is -0.465 e. The van der Waals surface area contributed by atoms with Crippen LogP contribution in [0.5, 0.6) is 0 Å². The van der Waals surface area contributed by atoms with Crippen LogP contribution >= 0.6 is 12.4 Å². The van der Waals surface area contributed by atoms with E-state index in [0.717, 1.165) is 19.4 Å². The van der Waals surface area contributed by atoms with Crippen LogP contribution in [0.1, 0.15) is 23.2 Å². The summed E-state index contributed by atoms with van der Waals surface area (Å²) < 4.78 is 31.3. The van der Waals surface area contributed by atoms with Gasteiger partial charge in [-0.25, -0.2) is 13.2 Å². The summed E-state index contributed by atoms with van der Waals surface area (Å²) in [4.78, 5) is 11.6. The van der Waals surface area contributed by atoms with Crippen molar-refractivity contribution in [2.75, 3.05) is 33.8 Å². The molecule has 0 saturated carbocycles. The number of halogens is 1. The van der Waals surface area contributed by atoms with E-state index in [9.17, 15) is 13.2 Å². The van der Waals surface area contributed by atoms with E-state index < -0.39 is 16.0 Å². The number of sulfonamides is 1. The van der Waals surface area contributed by atoms with Crippen LogP contribution in [0.15, 0.2) is 29.2 Å². The molecular formula is C15H23ClN2O4S. The maximum absolute atomic E-state index is 12.6. The van der Waals surface area contributed by atoms with E-state index >= 15 is 0 Å². The number of ether oxygens (including phenoxy) is 1. The van der Waals surface area contributed by atoms with E-state index in [0.29, 0.717) is 24.6 Å². The van der Waals surface area contributed by atoms with Crippen LogP contribution < -0.4 is 5.32 Å². The number of carbonyl (C=O) groups is 1. The number of carbonyl (C=O) groups excluding carboxylic acids is 1. The minimum absolute atomic E-state index is 0. The third-order valence-electron chi connectivity index (χ3n) is 3.98. The molecule has 1 aromatic rings. The highest BCUT2D eigenvalue weighted by molar-refractivity contribution is 7.89. The molecule has 0 atom stereocenters. The Balaban J connectivity index is 0.00000264. The Hall–Kier alpha value is -1.15. The Morgan fingerprint density at radius 1 is 1.26 bits per heavy atom. The third kappa shape index (κ3) is 4.67. The van der Waals surface area contributed by atoms with E-state index in [4.69, 9.17) is 0 Å². The SMILES string of the molecule is CNCC1CCN(S(=O)(=O)c2ccc(C(=O)OC)cc2)CC1.Cl. The first kappa shape index (κ1) is 19.9. The van der Waals surface area contributed by atoms with E-state index in [1.165, 1.54) is 35.7 Å². The second-order valence-electron chi connectivity index (χ2n) is 5.42. The van der Waals surface area contributed by atoms with Crippen LogP contribution in [0.4, 0.5) is 0 Å². The molecule has 1 N–H and O–H groups in total. The van der Waals surface area contributed by atoms with Gasteiger partial charge in [0.05, 0.1) is 17.6 Å². The molecule has 1 aliphatic heterocycles. The molecule has 0 spiro atoms. The van der Waals surface area contributed by atoms with Gasteiger partial charge >= 0.3 is 5.97 Å². The number of nitrogens with one attached hydrogen (secondary N) is 1. The number of benzene rings is 1. The number of methoxy groups -OCH3 is 1. The molecule has 0 unspecified atom stereocenters. The van der Waals surface area contributed by atoms with Crippen LogP contribution in [0, 0.1) is 5.92 Å². The fraction of sp³-hybridized carbons (Fsp3) is 0.533. The topological polar surface area (TPSA) is 75.7 Å². The van der Waals surface area contributed by atoms with Crippen molar-refractivity contribution in [3.63, 3.8) is 0 Å². The second-order valence-corrected chi connectivity index (χ2v) is 7.36. The van der Waals surface area contributed by atoms with E-state index in [1.807, 2.05) is 7.05 Å². The molecular weight excluding hydrogens is 340 g/mol. The first-order valence-electron chi connectivity index (χ1n) is 7.32. The molecule has 1 aliphatic rings. The smallest absolute Gasteiger partial charge is 0.337 e. The van der Waals surface area contributed by atoms with Crippen molar-refractivity contribution in [1.82, 2.24) is 9.62 Å². The summed E-state index contributed by atoms with van der Waals surface area (Å²) in [6.45, 7) is 1.99. The number of esters is 1. The van der Waals surface area contributed by atoms with Crippen molar-refractivity contribution >= 4 is 28.4 Å². The molecule has 1 saturated heterocycles. The molecule has 0 amide bonds. The van der Waals surface area contributed by atoms with Crippen molar-refractivity contribution in [3.05, 3.63) is 29.8 Å². The molecule has 8 heteroatoms. The van der Waals surface area contributed by atoms with Crippen LogP contribution in [0.3, 0.4) is 0 Å². The lowest BCUT2D eigenvalue weighted by Gasteiger charge is -2.31. The zero-order valence-corrected chi connectivity index (χ0v) is 15.0. The lowest BCUT2D eigenvalue weighted by atomic mass is 9.98. The summed E-state index contributed by atoms with van der Waals surface area (Å²) in [6, 6.07) is 5.88. The molecule has 0 aliphatic carbocycles. The second kappa shape index (κ2) is 8.63. The number of nitrogens with zero attached hydrogens (tertiary/aromatic N) is 1. The molecule has 2 rings (SSSR count). The van der Waals surface area contributed by atoms with Gasteiger partial charge < -0.3 is 10.1 Å². The van der Waals surface area contributed by atoms with Crippen LogP contribution in [0.25, 0.3) is 0 Å². The van der Waals surface area contributed by atoms with Gasteiger partial charge in [-0.15, -0.1) is 12.4 Å². The average molecular weight is 363 g/mol. The molecule has 1 fully saturated rings. The average Bonchev–Trinajstić information content (AvgIpc) is 2.55. The predicted molar refractivity (Wildman–Crippen MR) is 90.4 cm³/mol. The van der Waals surface area contributed by atoms with Crippen LogP contribution in [-0.2, 0) is 14.8 Å². The molecule has 1 aromatic carbocycles. The molecule has 0 radical (unpaired) electrons. The van der Waals surface area contributed by atoms with Crippen molar-refractivity contribution in [1.29, 1.82) is 0 Å². The molecule has 130 valence electrons. The van der Waals surface area contributed by atoms with Crippen molar-refractivity contribution in [2.24, 2.45) is 5.92 Å². The first-order chi connectivity index (χ1) is 10.5. The molecule has 1 heterocycles. The van der Waals surface area contributed by atoms with Gasteiger partial charge in [0, 0.05) is 13.1 Å². The predicted octanol–water partition coefficient (Wildman–Crippen LogP) is 1.52. The fourth-order valence-electron chi connectivity index (χ4n) is 2.67. The Kier molecular flexibility index (Phi) is 7.47. The van der Waals surface area contributed by atoms with Crippen LogP contribution in [0.2, 0.25) is 0 Å². The van der Waals surface area contributed by atoms with Gasteiger partial charge in [0.25, 0.3) is 0 Å². The first-order valence-corrected chi connectivity index (χ1v) is 8.76. The summed E-state index contributed by atoms with van der Waals surface area (Å²) in [6.07, 6.45) is 1.72. The Bertz CT molecular complexity index is 611. The normalized spacial score (nSPS) is 16.6. The van der Waals surface area contributed by atoms with Crippen molar-refractivity contribution in [2.45, 2.75) is 17.7 Å². The minimum atomic E-state index is -3.49. The standard InChI is InChI=1S/C15H22N2O4S.ClH/c1-16-11-12-7-9-17(10-8-12)22(19,20)14-5-3-13(4-6-14)15(18)21-2;/h3-6,12,16H,7-11H2,1-2H3;1H. The Morgan fingerprint density at radius 2 is 1.83 bits per heavy atom. The zero-order chi connectivity index (χ0) is 16.2. The van der Waals surface area contributed by atoms with E-state index in [2.05, 4.69) is 10.1 Å². The highest BCUT2D eigenvalue weighted by Gasteiger charge is 2.29. The van der Waals surface area contributed by atoms with Gasteiger partial charge in [0.2, 0.25) is 10.0 Å².